The first-order valence-electron chi connectivity index (χ1n) is 5.67. The van der Waals surface area contributed by atoms with Crippen molar-refractivity contribution in [2.24, 2.45) is 7.05 Å². The van der Waals surface area contributed by atoms with E-state index >= 15 is 0 Å². The maximum Gasteiger partial charge on any atom is 0.343 e. The molecule has 0 unspecified atom stereocenters. The Balaban J connectivity index is 2.40. The molecule has 19 heavy (non-hydrogen) atoms. The number of aliphatic hydroxyl groups excluding tert-OH is 1. The van der Waals surface area contributed by atoms with Crippen molar-refractivity contribution in [2.75, 3.05) is 0 Å². The van der Waals surface area contributed by atoms with Gasteiger partial charge in [0.25, 0.3) is 0 Å². The number of hydrogen-bond acceptors (Lipinski definition) is 4. The number of hydrogen-bond donors (Lipinski definition) is 2. The molecule has 6 heteroatoms. The Bertz CT molecular complexity index is 619. The average Bonchev–Trinajstić information content (AvgIpc) is 2.64. The number of carbonyl (C=O) groups is 1. The van der Waals surface area contributed by atoms with Crippen molar-refractivity contribution >= 4 is 5.97 Å². The van der Waals surface area contributed by atoms with Gasteiger partial charge in [-0.3, -0.25) is 0 Å². The minimum absolute atomic E-state index is 0.0388. The molecule has 0 aliphatic heterocycles. The number of rotatable bonds is 4. The number of nitrogens with zero attached hydrogens (tertiary/aromatic N) is 2. The molecule has 1 aromatic heterocycles. The van der Waals surface area contributed by atoms with Gasteiger partial charge in [0, 0.05) is 7.05 Å². The highest BCUT2D eigenvalue weighted by molar-refractivity contribution is 5.91. The molecule has 0 atom stereocenters. The maximum absolute atomic E-state index is 11.2. The zero-order valence-electron chi connectivity index (χ0n) is 10.6. The van der Waals surface area contributed by atoms with Crippen LogP contribution >= 0.6 is 0 Å². The predicted octanol–water partition coefficient (Wildman–Crippen LogP) is 1.71. The quantitative estimate of drug-likeness (QED) is 0.876. The zero-order chi connectivity index (χ0) is 14.0. The van der Waals surface area contributed by atoms with Crippen LogP contribution in [0.4, 0.5) is 0 Å². The van der Waals surface area contributed by atoms with Crippen molar-refractivity contribution in [1.29, 1.82) is 0 Å². The number of aliphatic hydroxyl groups is 1. The van der Waals surface area contributed by atoms with Crippen LogP contribution in [-0.2, 0) is 13.7 Å². The highest BCUT2D eigenvalue weighted by Gasteiger charge is 2.21. The van der Waals surface area contributed by atoms with Gasteiger partial charge in [-0.05, 0) is 24.6 Å². The summed E-state index contributed by atoms with van der Waals surface area (Å²) in [4.78, 5) is 11.2. The molecule has 2 rings (SSSR count). The monoisotopic (exact) mass is 262 g/mol. The van der Waals surface area contributed by atoms with Crippen LogP contribution in [0, 0.1) is 6.92 Å². The second-order valence-corrected chi connectivity index (χ2v) is 4.10. The molecule has 1 heterocycles. The largest absolute Gasteiger partial charge is 0.477 e. The molecule has 0 aliphatic carbocycles. The van der Waals surface area contributed by atoms with Gasteiger partial charge in [-0.15, -0.1) is 0 Å². The SMILES string of the molecule is Cc1nn(C)c(Oc2cccc(CO)c2)c1C(=O)O. The van der Waals surface area contributed by atoms with Crippen molar-refractivity contribution in [3.63, 3.8) is 0 Å². The number of aromatic nitrogens is 2. The third kappa shape index (κ3) is 2.58. The standard InChI is InChI=1S/C13H14N2O4/c1-8-11(13(17)18)12(15(2)14-8)19-10-5-3-4-9(6-10)7-16/h3-6,16H,7H2,1-2H3,(H,17,18). The van der Waals surface area contributed by atoms with Crippen molar-refractivity contribution in [1.82, 2.24) is 9.78 Å². The van der Waals surface area contributed by atoms with Crippen LogP contribution in [0.3, 0.4) is 0 Å². The number of carboxylic acids is 1. The van der Waals surface area contributed by atoms with Crippen LogP contribution in [-0.4, -0.2) is 26.0 Å². The van der Waals surface area contributed by atoms with E-state index in [1.54, 1.807) is 38.2 Å². The lowest BCUT2D eigenvalue weighted by atomic mass is 10.2. The minimum atomic E-state index is -1.08. The van der Waals surface area contributed by atoms with E-state index in [-0.39, 0.29) is 18.1 Å². The van der Waals surface area contributed by atoms with E-state index < -0.39 is 5.97 Å². The Labute approximate surface area is 109 Å². The molecule has 0 fully saturated rings. The summed E-state index contributed by atoms with van der Waals surface area (Å²) in [5.74, 6) is -0.462. The lowest BCUT2D eigenvalue weighted by Gasteiger charge is -2.08. The summed E-state index contributed by atoms with van der Waals surface area (Å²) in [6, 6.07) is 6.81. The smallest absolute Gasteiger partial charge is 0.343 e. The van der Waals surface area contributed by atoms with E-state index in [4.69, 9.17) is 14.9 Å². The summed E-state index contributed by atoms with van der Waals surface area (Å²) < 4.78 is 6.95. The molecule has 100 valence electrons. The van der Waals surface area contributed by atoms with Crippen LogP contribution in [0.1, 0.15) is 21.6 Å². The minimum Gasteiger partial charge on any atom is -0.477 e. The molecule has 0 bridgehead atoms. The summed E-state index contributed by atoms with van der Waals surface area (Å²) in [5.41, 5.74) is 1.12. The summed E-state index contributed by atoms with van der Waals surface area (Å²) in [6.07, 6.45) is 0. The fraction of sp³-hybridized carbons (Fsp3) is 0.231. The Morgan fingerprint density at radius 3 is 2.84 bits per heavy atom. The summed E-state index contributed by atoms with van der Waals surface area (Å²) in [5, 5.41) is 22.3. The highest BCUT2D eigenvalue weighted by atomic mass is 16.5. The fourth-order valence-corrected chi connectivity index (χ4v) is 1.82. The van der Waals surface area contributed by atoms with Gasteiger partial charge in [0.1, 0.15) is 11.3 Å². The van der Waals surface area contributed by atoms with Crippen molar-refractivity contribution in [3.05, 3.63) is 41.1 Å². The second-order valence-electron chi connectivity index (χ2n) is 4.10. The Kier molecular flexibility index (Phi) is 3.52. The van der Waals surface area contributed by atoms with Crippen molar-refractivity contribution in [2.45, 2.75) is 13.5 Å². The third-order valence-electron chi connectivity index (χ3n) is 2.68. The molecule has 2 aromatic rings. The van der Waals surface area contributed by atoms with Gasteiger partial charge < -0.3 is 14.9 Å². The summed E-state index contributed by atoms with van der Waals surface area (Å²) in [6.45, 7) is 1.51. The first-order valence-corrected chi connectivity index (χ1v) is 5.67. The normalized spacial score (nSPS) is 10.5. The summed E-state index contributed by atoms with van der Waals surface area (Å²) in [7, 11) is 1.62. The van der Waals surface area contributed by atoms with E-state index in [2.05, 4.69) is 5.10 Å². The van der Waals surface area contributed by atoms with Gasteiger partial charge in [-0.1, -0.05) is 12.1 Å². The number of aryl methyl sites for hydroxylation is 2. The molecule has 0 spiro atoms. The second kappa shape index (κ2) is 5.11. The van der Waals surface area contributed by atoms with Crippen LogP contribution < -0.4 is 4.74 Å². The molecule has 0 saturated heterocycles. The van der Waals surface area contributed by atoms with Gasteiger partial charge in [0.05, 0.1) is 12.3 Å². The van der Waals surface area contributed by atoms with Crippen LogP contribution in [0.2, 0.25) is 0 Å². The molecular weight excluding hydrogens is 248 g/mol. The molecule has 6 nitrogen and oxygen atoms in total. The molecule has 0 saturated carbocycles. The molecule has 1 aromatic carbocycles. The van der Waals surface area contributed by atoms with Gasteiger partial charge in [-0.2, -0.15) is 5.10 Å². The number of aromatic carboxylic acids is 1. The third-order valence-corrected chi connectivity index (χ3v) is 2.68. The topological polar surface area (TPSA) is 84.6 Å². The fourth-order valence-electron chi connectivity index (χ4n) is 1.82. The van der Waals surface area contributed by atoms with E-state index in [9.17, 15) is 4.79 Å². The first-order chi connectivity index (χ1) is 9.02. The maximum atomic E-state index is 11.2. The van der Waals surface area contributed by atoms with E-state index in [0.717, 1.165) is 0 Å². The van der Waals surface area contributed by atoms with Crippen molar-refractivity contribution in [3.8, 4) is 11.6 Å². The van der Waals surface area contributed by atoms with Crippen LogP contribution in [0.15, 0.2) is 24.3 Å². The average molecular weight is 262 g/mol. The zero-order valence-corrected chi connectivity index (χ0v) is 10.6. The molecule has 0 radical (unpaired) electrons. The molecule has 0 aliphatic rings. The Hall–Kier alpha value is -2.34. The van der Waals surface area contributed by atoms with Crippen molar-refractivity contribution < 1.29 is 19.7 Å². The van der Waals surface area contributed by atoms with E-state index in [1.807, 2.05) is 0 Å². The Morgan fingerprint density at radius 2 is 2.21 bits per heavy atom. The highest BCUT2D eigenvalue weighted by Crippen LogP contribution is 2.27. The van der Waals surface area contributed by atoms with Gasteiger partial charge >= 0.3 is 5.97 Å². The lowest BCUT2D eigenvalue weighted by Crippen LogP contribution is -2.02. The number of ether oxygens (including phenoxy) is 1. The van der Waals surface area contributed by atoms with Gasteiger partial charge in [0.2, 0.25) is 5.88 Å². The van der Waals surface area contributed by atoms with E-state index in [0.29, 0.717) is 17.0 Å². The van der Waals surface area contributed by atoms with Crippen LogP contribution in [0.25, 0.3) is 0 Å². The van der Waals surface area contributed by atoms with Gasteiger partial charge in [-0.25, -0.2) is 9.48 Å². The predicted molar refractivity (Wildman–Crippen MR) is 67.3 cm³/mol. The molecular formula is C13H14N2O4. The number of carboxylic acid groups (broad SMARTS) is 1. The molecule has 0 amide bonds. The van der Waals surface area contributed by atoms with Gasteiger partial charge in [0.15, 0.2) is 0 Å². The van der Waals surface area contributed by atoms with E-state index in [1.165, 1.54) is 4.68 Å². The molecule has 2 N–H and O–H groups in total. The number of benzene rings is 1. The summed E-state index contributed by atoms with van der Waals surface area (Å²) >= 11 is 0. The first kappa shape index (κ1) is 13.1. The Morgan fingerprint density at radius 1 is 1.47 bits per heavy atom. The lowest BCUT2D eigenvalue weighted by molar-refractivity contribution is 0.0693. The van der Waals surface area contributed by atoms with Crippen LogP contribution in [0.5, 0.6) is 11.6 Å².